The first-order valence-electron chi connectivity index (χ1n) is 9.26. The highest BCUT2D eigenvalue weighted by molar-refractivity contribution is 5.37. The van der Waals surface area contributed by atoms with Gasteiger partial charge in [-0.05, 0) is 30.5 Å². The van der Waals surface area contributed by atoms with Gasteiger partial charge in [0.1, 0.15) is 35.9 Å². The van der Waals surface area contributed by atoms with Crippen LogP contribution in [0.15, 0.2) is 18.2 Å². The van der Waals surface area contributed by atoms with E-state index >= 15 is 0 Å². The second-order valence-electron chi connectivity index (χ2n) is 6.81. The van der Waals surface area contributed by atoms with Crippen LogP contribution in [-0.2, 0) is 11.2 Å². The lowest BCUT2D eigenvalue weighted by Crippen LogP contribution is -2.60. The molecule has 0 aromatic heterocycles. The van der Waals surface area contributed by atoms with Crippen LogP contribution in [-0.4, -0.2) is 62.8 Å². The van der Waals surface area contributed by atoms with Gasteiger partial charge in [-0.1, -0.05) is 32.6 Å². The first kappa shape index (κ1) is 20.9. The maximum Gasteiger partial charge on any atom is 0.229 e. The number of aliphatic hydroxyl groups excluding tert-OH is 4. The Morgan fingerprint density at radius 1 is 0.962 bits per heavy atom. The van der Waals surface area contributed by atoms with Gasteiger partial charge in [0.25, 0.3) is 0 Å². The van der Waals surface area contributed by atoms with Crippen molar-refractivity contribution in [1.82, 2.24) is 0 Å². The molecule has 1 saturated heterocycles. The summed E-state index contributed by atoms with van der Waals surface area (Å²) in [5.41, 5.74) is 0.904. The third kappa shape index (κ3) is 5.56. The molecule has 0 bridgehead atoms. The van der Waals surface area contributed by atoms with Crippen molar-refractivity contribution in [1.29, 1.82) is 0 Å². The molecule has 7 nitrogen and oxygen atoms in total. The van der Waals surface area contributed by atoms with E-state index in [9.17, 15) is 25.5 Å². The zero-order valence-electron chi connectivity index (χ0n) is 15.1. The van der Waals surface area contributed by atoms with Crippen LogP contribution in [0.3, 0.4) is 0 Å². The molecular weight excluding hydrogens is 340 g/mol. The third-order valence-electron chi connectivity index (χ3n) is 4.62. The van der Waals surface area contributed by atoms with Crippen molar-refractivity contribution >= 4 is 0 Å². The Morgan fingerprint density at radius 3 is 2.38 bits per heavy atom. The molecule has 1 aromatic rings. The van der Waals surface area contributed by atoms with E-state index in [-0.39, 0.29) is 11.5 Å². The van der Waals surface area contributed by atoms with Gasteiger partial charge in [0, 0.05) is 6.07 Å². The Balaban J connectivity index is 1.99. The molecule has 0 unspecified atom stereocenters. The standard InChI is InChI=1S/C19H30O7/c1-2-3-4-5-6-7-12-8-13(21)10-14(9-12)25-19-18(24)17(23)16(22)15(11-20)26-19/h8-10,15-24H,2-7,11H2,1H3/t15-,16-,17+,18-,19-/m1/s1. The van der Waals surface area contributed by atoms with Crippen LogP contribution < -0.4 is 4.74 Å². The van der Waals surface area contributed by atoms with Gasteiger partial charge in [0.05, 0.1) is 6.61 Å². The quantitative estimate of drug-likeness (QED) is 0.413. The van der Waals surface area contributed by atoms with E-state index in [2.05, 4.69) is 6.92 Å². The van der Waals surface area contributed by atoms with Gasteiger partial charge < -0.3 is 35.0 Å². The summed E-state index contributed by atoms with van der Waals surface area (Å²) in [6.45, 7) is 1.64. The highest BCUT2D eigenvalue weighted by Gasteiger charge is 2.44. The van der Waals surface area contributed by atoms with Gasteiger partial charge in [-0.15, -0.1) is 0 Å². The van der Waals surface area contributed by atoms with Crippen LogP contribution in [0.2, 0.25) is 0 Å². The van der Waals surface area contributed by atoms with Gasteiger partial charge in [0.15, 0.2) is 0 Å². The number of aryl methyl sites for hydroxylation is 1. The molecule has 26 heavy (non-hydrogen) atoms. The van der Waals surface area contributed by atoms with Crippen LogP contribution in [0.4, 0.5) is 0 Å². The second-order valence-corrected chi connectivity index (χ2v) is 6.81. The van der Waals surface area contributed by atoms with E-state index in [1.807, 2.05) is 0 Å². The molecule has 148 valence electrons. The predicted molar refractivity (Wildman–Crippen MR) is 95.0 cm³/mol. The smallest absolute Gasteiger partial charge is 0.229 e. The van der Waals surface area contributed by atoms with E-state index in [0.717, 1.165) is 24.8 Å². The van der Waals surface area contributed by atoms with E-state index in [1.54, 1.807) is 12.1 Å². The Kier molecular flexibility index (Phi) is 8.12. The van der Waals surface area contributed by atoms with Crippen LogP contribution in [0, 0.1) is 0 Å². The van der Waals surface area contributed by atoms with Gasteiger partial charge >= 0.3 is 0 Å². The molecule has 0 spiro atoms. The van der Waals surface area contributed by atoms with E-state index in [4.69, 9.17) is 9.47 Å². The first-order valence-corrected chi connectivity index (χ1v) is 9.26. The summed E-state index contributed by atoms with van der Waals surface area (Å²) in [7, 11) is 0. The Labute approximate surface area is 153 Å². The van der Waals surface area contributed by atoms with Crippen molar-refractivity contribution < 1.29 is 35.0 Å². The van der Waals surface area contributed by atoms with Crippen molar-refractivity contribution in [3.63, 3.8) is 0 Å². The largest absolute Gasteiger partial charge is 0.508 e. The SMILES string of the molecule is CCCCCCCc1cc(O)cc(O[C@@H]2O[C@H](CO)[C@@H](O)[C@H](O)[C@H]2O)c1. The maximum absolute atomic E-state index is 10.0. The zero-order chi connectivity index (χ0) is 19.1. The molecule has 7 heteroatoms. The molecule has 1 aromatic carbocycles. The van der Waals surface area contributed by atoms with Crippen molar-refractivity contribution in [3.05, 3.63) is 23.8 Å². The summed E-state index contributed by atoms with van der Waals surface area (Å²) in [5, 5.41) is 48.8. The highest BCUT2D eigenvalue weighted by Crippen LogP contribution is 2.28. The number of aromatic hydroxyl groups is 1. The monoisotopic (exact) mass is 370 g/mol. The molecule has 0 amide bonds. The average molecular weight is 370 g/mol. The normalized spacial score (nSPS) is 28.9. The van der Waals surface area contributed by atoms with E-state index in [0.29, 0.717) is 0 Å². The fourth-order valence-electron chi connectivity index (χ4n) is 3.09. The molecule has 5 N–H and O–H groups in total. The summed E-state index contributed by atoms with van der Waals surface area (Å²) in [4.78, 5) is 0. The number of phenols is 1. The highest BCUT2D eigenvalue weighted by atomic mass is 16.7. The van der Waals surface area contributed by atoms with Crippen LogP contribution in [0.5, 0.6) is 11.5 Å². The number of ether oxygens (including phenoxy) is 2. The molecular formula is C19H30O7. The topological polar surface area (TPSA) is 120 Å². The number of rotatable bonds is 9. The lowest BCUT2D eigenvalue weighted by molar-refractivity contribution is -0.277. The fourth-order valence-corrected chi connectivity index (χ4v) is 3.09. The van der Waals surface area contributed by atoms with Crippen LogP contribution >= 0.6 is 0 Å². The van der Waals surface area contributed by atoms with Gasteiger partial charge in [-0.2, -0.15) is 0 Å². The van der Waals surface area contributed by atoms with E-state index in [1.165, 1.54) is 25.3 Å². The number of phenolic OH excluding ortho intramolecular Hbond substituents is 1. The summed E-state index contributed by atoms with van der Waals surface area (Å²) in [5.74, 6) is 0.327. The number of hydrogen-bond acceptors (Lipinski definition) is 7. The Hall–Kier alpha value is -1.38. The van der Waals surface area contributed by atoms with Gasteiger partial charge in [-0.3, -0.25) is 0 Å². The third-order valence-corrected chi connectivity index (χ3v) is 4.62. The van der Waals surface area contributed by atoms with Crippen molar-refractivity contribution in [2.24, 2.45) is 0 Å². The second kappa shape index (κ2) is 10.1. The number of aliphatic hydroxyl groups is 4. The lowest BCUT2D eigenvalue weighted by atomic mass is 9.99. The minimum atomic E-state index is -1.50. The van der Waals surface area contributed by atoms with Crippen LogP contribution in [0.25, 0.3) is 0 Å². The van der Waals surface area contributed by atoms with Gasteiger partial charge in [0.2, 0.25) is 6.29 Å². The molecule has 1 aliphatic rings. The maximum atomic E-state index is 10.0. The van der Waals surface area contributed by atoms with E-state index < -0.39 is 37.3 Å². The molecule has 1 aliphatic heterocycles. The summed E-state index contributed by atoms with van der Waals surface area (Å²) < 4.78 is 10.9. The van der Waals surface area contributed by atoms with Crippen LogP contribution in [0.1, 0.15) is 44.6 Å². The number of unbranched alkanes of at least 4 members (excludes halogenated alkanes) is 4. The minimum Gasteiger partial charge on any atom is -0.508 e. The van der Waals surface area contributed by atoms with Crippen molar-refractivity contribution in [2.45, 2.75) is 76.2 Å². The summed E-state index contributed by atoms with van der Waals surface area (Å²) in [6.07, 6.45) is -0.207. The molecule has 1 heterocycles. The Bertz CT molecular complexity index is 549. The number of hydrogen-bond donors (Lipinski definition) is 5. The zero-order valence-corrected chi connectivity index (χ0v) is 15.1. The summed E-state index contributed by atoms with van der Waals surface area (Å²) >= 11 is 0. The number of benzene rings is 1. The first-order chi connectivity index (χ1) is 12.5. The summed E-state index contributed by atoms with van der Waals surface area (Å²) in [6, 6.07) is 4.81. The van der Waals surface area contributed by atoms with Crippen molar-refractivity contribution in [3.8, 4) is 11.5 Å². The Morgan fingerprint density at radius 2 is 1.69 bits per heavy atom. The van der Waals surface area contributed by atoms with Gasteiger partial charge in [-0.25, -0.2) is 0 Å². The molecule has 0 radical (unpaired) electrons. The average Bonchev–Trinajstić information content (AvgIpc) is 2.61. The molecule has 2 rings (SSSR count). The molecule has 5 atom stereocenters. The molecule has 0 saturated carbocycles. The molecule has 0 aliphatic carbocycles. The predicted octanol–water partition coefficient (Wildman–Crippen LogP) is 1.08. The van der Waals surface area contributed by atoms with Crippen molar-refractivity contribution in [2.75, 3.05) is 6.61 Å². The molecule has 1 fully saturated rings. The minimum absolute atomic E-state index is 0.0376. The fraction of sp³-hybridized carbons (Fsp3) is 0.684. The lowest BCUT2D eigenvalue weighted by Gasteiger charge is -2.39.